The van der Waals surface area contributed by atoms with Gasteiger partial charge in [-0.1, -0.05) is 5.16 Å². The Morgan fingerprint density at radius 2 is 2.05 bits per heavy atom. The van der Waals surface area contributed by atoms with Crippen LogP contribution in [-0.2, 0) is 4.79 Å². The summed E-state index contributed by atoms with van der Waals surface area (Å²) in [5.41, 5.74) is -0.462. The molecule has 112 valence electrons. The maximum absolute atomic E-state index is 12.0. The quantitative estimate of drug-likeness (QED) is 0.880. The number of carbonyl (C=O) groups is 2. The molecule has 0 unspecified atom stereocenters. The zero-order chi connectivity index (χ0) is 15.3. The van der Waals surface area contributed by atoms with Gasteiger partial charge < -0.3 is 20.1 Å². The Morgan fingerprint density at radius 1 is 1.40 bits per heavy atom. The molecule has 20 heavy (non-hydrogen) atoms. The molecule has 1 aromatic rings. The lowest BCUT2D eigenvalue weighted by Gasteiger charge is -2.34. The number of hydrogen-bond donors (Lipinski definition) is 2. The molecule has 0 fully saturated rings. The van der Waals surface area contributed by atoms with Crippen molar-refractivity contribution >= 4 is 17.8 Å². The van der Waals surface area contributed by atoms with Gasteiger partial charge in [0.05, 0.1) is 0 Å². The van der Waals surface area contributed by atoms with Crippen molar-refractivity contribution in [1.29, 1.82) is 0 Å². The van der Waals surface area contributed by atoms with E-state index in [4.69, 9.17) is 4.52 Å². The van der Waals surface area contributed by atoms with E-state index in [1.54, 1.807) is 13.0 Å². The standard InChI is InChI=1S/C13H22N4O3/c1-6-14-12(19)17(13(3,4)5)8-11(18)15-10-7-9(2)20-16-10/h7H,6,8H2,1-5H3,(H,14,19)(H,15,16,18). The second kappa shape index (κ2) is 6.40. The molecule has 0 aliphatic heterocycles. The lowest BCUT2D eigenvalue weighted by atomic mass is 10.1. The van der Waals surface area contributed by atoms with Crippen molar-refractivity contribution < 1.29 is 14.1 Å². The van der Waals surface area contributed by atoms with Gasteiger partial charge in [-0.15, -0.1) is 0 Å². The SMILES string of the molecule is CCNC(=O)N(CC(=O)Nc1cc(C)on1)C(C)(C)C. The highest BCUT2D eigenvalue weighted by Gasteiger charge is 2.28. The molecule has 0 spiro atoms. The van der Waals surface area contributed by atoms with Gasteiger partial charge in [0.25, 0.3) is 0 Å². The number of rotatable bonds is 4. The van der Waals surface area contributed by atoms with E-state index in [1.165, 1.54) is 4.90 Å². The first-order valence-electron chi connectivity index (χ1n) is 6.52. The summed E-state index contributed by atoms with van der Waals surface area (Å²) >= 11 is 0. The largest absolute Gasteiger partial charge is 0.360 e. The summed E-state index contributed by atoms with van der Waals surface area (Å²) in [5.74, 6) is 0.633. The number of nitrogens with one attached hydrogen (secondary N) is 2. The molecule has 1 rings (SSSR count). The highest BCUT2D eigenvalue weighted by Crippen LogP contribution is 2.14. The van der Waals surface area contributed by atoms with E-state index in [-0.39, 0.29) is 18.5 Å². The van der Waals surface area contributed by atoms with Crippen LogP contribution in [0.5, 0.6) is 0 Å². The average molecular weight is 282 g/mol. The minimum absolute atomic E-state index is 0.0543. The molecule has 2 N–H and O–H groups in total. The van der Waals surface area contributed by atoms with E-state index >= 15 is 0 Å². The first-order chi connectivity index (χ1) is 9.24. The van der Waals surface area contributed by atoms with Crippen molar-refractivity contribution in [3.05, 3.63) is 11.8 Å². The average Bonchev–Trinajstić information content (AvgIpc) is 2.70. The molecule has 0 aliphatic rings. The van der Waals surface area contributed by atoms with Crippen LogP contribution in [0.1, 0.15) is 33.5 Å². The molecule has 0 atom stereocenters. The van der Waals surface area contributed by atoms with Crippen LogP contribution < -0.4 is 10.6 Å². The molecule has 0 saturated heterocycles. The fourth-order valence-corrected chi connectivity index (χ4v) is 1.61. The highest BCUT2D eigenvalue weighted by molar-refractivity contribution is 5.93. The van der Waals surface area contributed by atoms with Gasteiger partial charge in [0, 0.05) is 18.2 Å². The lowest BCUT2D eigenvalue weighted by Crippen LogP contribution is -2.53. The van der Waals surface area contributed by atoms with Crippen molar-refractivity contribution in [3.63, 3.8) is 0 Å². The Hall–Kier alpha value is -2.05. The minimum Gasteiger partial charge on any atom is -0.360 e. The molecular formula is C13H22N4O3. The van der Waals surface area contributed by atoms with Gasteiger partial charge in [0.1, 0.15) is 12.3 Å². The van der Waals surface area contributed by atoms with Crippen LogP contribution in [0.2, 0.25) is 0 Å². The predicted molar refractivity (Wildman–Crippen MR) is 75.4 cm³/mol. The normalized spacial score (nSPS) is 11.1. The van der Waals surface area contributed by atoms with Crippen LogP contribution in [-0.4, -0.2) is 40.6 Å². The van der Waals surface area contributed by atoms with Gasteiger partial charge in [-0.2, -0.15) is 0 Å². The van der Waals surface area contributed by atoms with Crippen LogP contribution in [0.4, 0.5) is 10.6 Å². The summed E-state index contributed by atoms with van der Waals surface area (Å²) in [6.07, 6.45) is 0. The topological polar surface area (TPSA) is 87.5 Å². The second-order valence-electron chi connectivity index (χ2n) is 5.46. The van der Waals surface area contributed by atoms with E-state index in [9.17, 15) is 9.59 Å². The van der Waals surface area contributed by atoms with Crippen LogP contribution in [0, 0.1) is 6.92 Å². The van der Waals surface area contributed by atoms with E-state index < -0.39 is 5.54 Å². The molecule has 0 radical (unpaired) electrons. The fourth-order valence-electron chi connectivity index (χ4n) is 1.61. The van der Waals surface area contributed by atoms with Gasteiger partial charge >= 0.3 is 6.03 Å². The Kier molecular flexibility index (Phi) is 5.12. The number of amides is 3. The van der Waals surface area contributed by atoms with Crippen molar-refractivity contribution in [1.82, 2.24) is 15.4 Å². The highest BCUT2D eigenvalue weighted by atomic mass is 16.5. The zero-order valence-electron chi connectivity index (χ0n) is 12.6. The monoisotopic (exact) mass is 282 g/mol. The van der Waals surface area contributed by atoms with Crippen molar-refractivity contribution in [3.8, 4) is 0 Å². The van der Waals surface area contributed by atoms with Crippen LogP contribution in [0.3, 0.4) is 0 Å². The van der Waals surface area contributed by atoms with E-state index in [1.807, 2.05) is 27.7 Å². The molecule has 0 aliphatic carbocycles. The van der Waals surface area contributed by atoms with Gasteiger partial charge in [-0.3, -0.25) is 4.79 Å². The van der Waals surface area contributed by atoms with Crippen molar-refractivity contribution in [2.75, 3.05) is 18.4 Å². The minimum atomic E-state index is -0.462. The Bertz CT molecular complexity index is 476. The lowest BCUT2D eigenvalue weighted by molar-refractivity contribution is -0.117. The van der Waals surface area contributed by atoms with Gasteiger partial charge in [-0.25, -0.2) is 4.79 Å². The molecule has 7 heteroatoms. The number of anilines is 1. The summed E-state index contributed by atoms with van der Waals surface area (Å²) < 4.78 is 4.87. The predicted octanol–water partition coefficient (Wildman–Crippen LogP) is 1.75. The maximum Gasteiger partial charge on any atom is 0.318 e. The summed E-state index contributed by atoms with van der Waals surface area (Å²) in [6, 6.07) is 1.34. The smallest absolute Gasteiger partial charge is 0.318 e. The maximum atomic E-state index is 12.0. The molecule has 1 heterocycles. The molecule has 0 saturated carbocycles. The van der Waals surface area contributed by atoms with E-state index in [0.717, 1.165) is 0 Å². The van der Waals surface area contributed by atoms with Gasteiger partial charge in [-0.05, 0) is 34.6 Å². The van der Waals surface area contributed by atoms with Crippen LogP contribution >= 0.6 is 0 Å². The first kappa shape index (κ1) is 16.0. The van der Waals surface area contributed by atoms with Crippen LogP contribution in [0.15, 0.2) is 10.6 Å². The Morgan fingerprint density at radius 3 is 2.50 bits per heavy atom. The summed E-state index contributed by atoms with van der Waals surface area (Å²) in [5, 5.41) is 8.98. The van der Waals surface area contributed by atoms with Gasteiger partial charge in [0.2, 0.25) is 5.91 Å². The summed E-state index contributed by atoms with van der Waals surface area (Å²) in [6.45, 7) is 9.63. The molecule has 3 amide bonds. The Labute approximate surface area is 118 Å². The number of urea groups is 1. The van der Waals surface area contributed by atoms with E-state index in [0.29, 0.717) is 18.1 Å². The number of hydrogen-bond acceptors (Lipinski definition) is 4. The number of aromatic nitrogens is 1. The first-order valence-corrected chi connectivity index (χ1v) is 6.52. The van der Waals surface area contributed by atoms with Crippen LogP contribution in [0.25, 0.3) is 0 Å². The fraction of sp³-hybridized carbons (Fsp3) is 0.615. The third kappa shape index (κ3) is 4.56. The Balaban J connectivity index is 2.69. The second-order valence-corrected chi connectivity index (χ2v) is 5.46. The third-order valence-corrected chi connectivity index (χ3v) is 2.58. The molecular weight excluding hydrogens is 260 g/mol. The van der Waals surface area contributed by atoms with Gasteiger partial charge in [0.15, 0.2) is 5.82 Å². The molecule has 7 nitrogen and oxygen atoms in total. The third-order valence-electron chi connectivity index (χ3n) is 2.58. The summed E-state index contributed by atoms with van der Waals surface area (Å²) in [4.78, 5) is 25.4. The number of carbonyl (C=O) groups excluding carboxylic acids is 2. The molecule has 0 aromatic carbocycles. The number of nitrogens with zero attached hydrogens (tertiary/aromatic N) is 2. The number of aryl methyl sites for hydroxylation is 1. The van der Waals surface area contributed by atoms with Crippen molar-refractivity contribution in [2.45, 2.75) is 40.2 Å². The zero-order valence-corrected chi connectivity index (χ0v) is 12.6. The van der Waals surface area contributed by atoms with Crippen molar-refractivity contribution in [2.24, 2.45) is 0 Å². The molecule has 0 bridgehead atoms. The molecule has 1 aromatic heterocycles. The van der Waals surface area contributed by atoms with E-state index in [2.05, 4.69) is 15.8 Å². The summed E-state index contributed by atoms with van der Waals surface area (Å²) in [7, 11) is 0.